The molecule has 1 atom stereocenters. The summed E-state index contributed by atoms with van der Waals surface area (Å²) in [5.41, 5.74) is 7.99. The van der Waals surface area contributed by atoms with Crippen LogP contribution in [0.1, 0.15) is 36.3 Å². The van der Waals surface area contributed by atoms with Crippen LogP contribution < -0.4 is 11.1 Å². The van der Waals surface area contributed by atoms with Gasteiger partial charge in [-0.1, -0.05) is 5.16 Å². The molecule has 3 N–H and O–H groups in total. The van der Waals surface area contributed by atoms with Gasteiger partial charge < -0.3 is 20.3 Å². The highest BCUT2D eigenvalue weighted by Crippen LogP contribution is 2.14. The first-order valence-corrected chi connectivity index (χ1v) is 7.24. The molecule has 112 valence electrons. The minimum atomic E-state index is 0.248. The van der Waals surface area contributed by atoms with Crippen molar-refractivity contribution in [2.75, 3.05) is 19.7 Å². The van der Waals surface area contributed by atoms with Crippen molar-refractivity contribution < 1.29 is 9.26 Å². The van der Waals surface area contributed by atoms with Crippen molar-refractivity contribution in [3.8, 4) is 0 Å². The molecular formula is C14H24N4O2. The molecule has 1 fully saturated rings. The minimum Gasteiger partial charge on any atom is -0.376 e. The van der Waals surface area contributed by atoms with Gasteiger partial charge in [0.25, 0.3) is 0 Å². The molecule has 6 heteroatoms. The van der Waals surface area contributed by atoms with Crippen molar-refractivity contribution in [1.82, 2.24) is 10.5 Å². The zero-order valence-electron chi connectivity index (χ0n) is 12.3. The molecule has 0 bridgehead atoms. The lowest BCUT2D eigenvalue weighted by Gasteiger charge is -2.08. The summed E-state index contributed by atoms with van der Waals surface area (Å²) in [6.07, 6.45) is 4.37. The zero-order valence-corrected chi connectivity index (χ0v) is 12.3. The molecule has 1 aromatic rings. The third-order valence-corrected chi connectivity index (χ3v) is 3.58. The summed E-state index contributed by atoms with van der Waals surface area (Å²) in [5.74, 6) is 1.40. The smallest absolute Gasteiger partial charge is 0.188 e. The van der Waals surface area contributed by atoms with Gasteiger partial charge in [0, 0.05) is 18.7 Å². The van der Waals surface area contributed by atoms with Crippen LogP contribution >= 0.6 is 0 Å². The molecule has 1 saturated heterocycles. The lowest BCUT2D eigenvalue weighted by molar-refractivity contribution is 0.118. The molecule has 1 unspecified atom stereocenters. The quantitative estimate of drug-likeness (QED) is 0.466. The van der Waals surface area contributed by atoms with E-state index >= 15 is 0 Å². The lowest BCUT2D eigenvalue weighted by atomic mass is 10.1. The number of nitrogens with two attached hydrogens (primary N) is 1. The zero-order chi connectivity index (χ0) is 14.4. The first-order chi connectivity index (χ1) is 9.66. The number of ether oxygens (including phenoxy) is 1. The lowest BCUT2D eigenvalue weighted by Crippen LogP contribution is -2.33. The summed E-state index contributed by atoms with van der Waals surface area (Å²) >= 11 is 0. The van der Waals surface area contributed by atoms with Crippen LogP contribution in [0, 0.1) is 13.8 Å². The van der Waals surface area contributed by atoms with Gasteiger partial charge in [0.05, 0.1) is 18.3 Å². The number of aliphatic imine (C=N–C) groups is 1. The Morgan fingerprint density at radius 1 is 1.50 bits per heavy atom. The molecular weight excluding hydrogens is 256 g/mol. The average Bonchev–Trinajstić information content (AvgIpc) is 3.05. The molecule has 20 heavy (non-hydrogen) atoms. The second-order valence-corrected chi connectivity index (χ2v) is 5.19. The van der Waals surface area contributed by atoms with Gasteiger partial charge in [-0.25, -0.2) is 0 Å². The largest absolute Gasteiger partial charge is 0.376 e. The maximum absolute atomic E-state index is 5.82. The number of hydrogen-bond acceptors (Lipinski definition) is 4. The fourth-order valence-corrected chi connectivity index (χ4v) is 2.38. The van der Waals surface area contributed by atoms with Gasteiger partial charge in [-0.05, 0) is 39.5 Å². The van der Waals surface area contributed by atoms with Crippen LogP contribution in [0.2, 0.25) is 0 Å². The van der Waals surface area contributed by atoms with Crippen molar-refractivity contribution in [2.24, 2.45) is 10.7 Å². The Bertz CT molecular complexity index is 431. The Morgan fingerprint density at radius 3 is 3.00 bits per heavy atom. The molecule has 0 aliphatic carbocycles. The number of hydrogen-bond donors (Lipinski definition) is 2. The van der Waals surface area contributed by atoms with Gasteiger partial charge in [0.15, 0.2) is 5.96 Å². The fourth-order valence-electron chi connectivity index (χ4n) is 2.38. The van der Waals surface area contributed by atoms with Crippen LogP contribution in [0.5, 0.6) is 0 Å². The average molecular weight is 280 g/mol. The Hall–Kier alpha value is -1.56. The van der Waals surface area contributed by atoms with Crippen molar-refractivity contribution in [3.05, 3.63) is 17.0 Å². The van der Waals surface area contributed by atoms with E-state index in [1.165, 1.54) is 5.56 Å². The number of nitrogens with zero attached hydrogens (tertiary/aromatic N) is 2. The van der Waals surface area contributed by atoms with E-state index in [4.69, 9.17) is 15.0 Å². The van der Waals surface area contributed by atoms with Crippen molar-refractivity contribution in [2.45, 2.75) is 45.6 Å². The van der Waals surface area contributed by atoms with Crippen LogP contribution in [-0.4, -0.2) is 36.9 Å². The predicted octanol–water partition coefficient (Wildman–Crippen LogP) is 1.31. The Morgan fingerprint density at radius 2 is 2.35 bits per heavy atom. The highest BCUT2D eigenvalue weighted by atomic mass is 16.5. The molecule has 2 heterocycles. The monoisotopic (exact) mass is 280 g/mol. The summed E-state index contributed by atoms with van der Waals surface area (Å²) in [6.45, 7) is 6.22. The van der Waals surface area contributed by atoms with Crippen molar-refractivity contribution in [3.63, 3.8) is 0 Å². The van der Waals surface area contributed by atoms with Gasteiger partial charge in [0.2, 0.25) is 0 Å². The number of aromatic nitrogens is 1. The van der Waals surface area contributed by atoms with Gasteiger partial charge in [-0.15, -0.1) is 0 Å². The van der Waals surface area contributed by atoms with E-state index in [0.717, 1.165) is 50.3 Å². The first kappa shape index (κ1) is 14.8. The molecule has 1 aromatic heterocycles. The number of aryl methyl sites for hydroxylation is 2. The maximum Gasteiger partial charge on any atom is 0.188 e. The van der Waals surface area contributed by atoms with E-state index in [0.29, 0.717) is 12.5 Å². The maximum atomic E-state index is 5.82. The Labute approximate surface area is 119 Å². The number of rotatable bonds is 6. The van der Waals surface area contributed by atoms with E-state index in [1.807, 2.05) is 13.8 Å². The summed E-state index contributed by atoms with van der Waals surface area (Å²) in [5, 5.41) is 7.07. The molecule has 6 nitrogen and oxygen atoms in total. The second kappa shape index (κ2) is 7.28. The van der Waals surface area contributed by atoms with E-state index in [1.54, 1.807) is 0 Å². The van der Waals surface area contributed by atoms with Crippen LogP contribution in [0.3, 0.4) is 0 Å². The summed E-state index contributed by atoms with van der Waals surface area (Å²) in [6, 6.07) is 0. The Balaban J connectivity index is 1.63. The van der Waals surface area contributed by atoms with E-state index < -0.39 is 0 Å². The fraction of sp³-hybridized carbons (Fsp3) is 0.714. The topological polar surface area (TPSA) is 85.7 Å². The highest BCUT2D eigenvalue weighted by molar-refractivity contribution is 5.77. The number of nitrogens with one attached hydrogen (secondary N) is 1. The molecule has 0 spiro atoms. The SMILES string of the molecule is Cc1noc(C)c1CCCNC(N)=NCC1CCCO1. The molecule has 0 saturated carbocycles. The number of guanidine groups is 1. The molecule has 0 aromatic carbocycles. The van der Waals surface area contributed by atoms with Crippen LogP contribution in [0.15, 0.2) is 9.52 Å². The predicted molar refractivity (Wildman–Crippen MR) is 77.8 cm³/mol. The van der Waals surface area contributed by atoms with Crippen molar-refractivity contribution >= 4 is 5.96 Å². The van der Waals surface area contributed by atoms with Crippen molar-refractivity contribution in [1.29, 1.82) is 0 Å². The standard InChI is InChI=1S/C14H24N4O2/c1-10-13(11(2)20-18-10)6-3-7-16-14(15)17-9-12-5-4-8-19-12/h12H,3-9H2,1-2H3,(H3,15,16,17). The Kier molecular flexibility index (Phi) is 5.40. The first-order valence-electron chi connectivity index (χ1n) is 7.24. The second-order valence-electron chi connectivity index (χ2n) is 5.19. The van der Waals surface area contributed by atoms with E-state index in [2.05, 4.69) is 15.5 Å². The van der Waals surface area contributed by atoms with Crippen LogP contribution in [-0.2, 0) is 11.2 Å². The molecule has 1 aliphatic heterocycles. The van der Waals surface area contributed by atoms with Gasteiger partial charge in [0.1, 0.15) is 5.76 Å². The van der Waals surface area contributed by atoms with E-state index in [-0.39, 0.29) is 6.10 Å². The molecule has 0 amide bonds. The summed E-state index contributed by atoms with van der Waals surface area (Å²) in [4.78, 5) is 4.30. The summed E-state index contributed by atoms with van der Waals surface area (Å²) in [7, 11) is 0. The minimum absolute atomic E-state index is 0.248. The normalized spacial score (nSPS) is 19.5. The molecule has 2 rings (SSSR count). The highest BCUT2D eigenvalue weighted by Gasteiger charge is 2.14. The van der Waals surface area contributed by atoms with Gasteiger partial charge in [-0.3, -0.25) is 4.99 Å². The third-order valence-electron chi connectivity index (χ3n) is 3.58. The van der Waals surface area contributed by atoms with Crippen LogP contribution in [0.4, 0.5) is 0 Å². The molecule has 1 aliphatic rings. The van der Waals surface area contributed by atoms with Crippen LogP contribution in [0.25, 0.3) is 0 Å². The summed E-state index contributed by atoms with van der Waals surface area (Å²) < 4.78 is 10.6. The van der Waals surface area contributed by atoms with Gasteiger partial charge in [-0.2, -0.15) is 0 Å². The third kappa shape index (κ3) is 4.23. The van der Waals surface area contributed by atoms with E-state index in [9.17, 15) is 0 Å². The molecule has 0 radical (unpaired) electrons. The van der Waals surface area contributed by atoms with Gasteiger partial charge >= 0.3 is 0 Å².